The lowest BCUT2D eigenvalue weighted by atomic mass is 9.87. The Morgan fingerprint density at radius 3 is 1.71 bits per heavy atom. The highest BCUT2D eigenvalue weighted by atomic mass is 16.5. The van der Waals surface area contributed by atoms with Crippen LogP contribution in [0.5, 0.6) is 11.5 Å². The minimum Gasteiger partial charge on any atom is -0.497 e. The summed E-state index contributed by atoms with van der Waals surface area (Å²) in [6, 6.07) is 12.3. The van der Waals surface area contributed by atoms with Gasteiger partial charge in [-0.2, -0.15) is 0 Å². The van der Waals surface area contributed by atoms with Crippen LogP contribution in [0.1, 0.15) is 28.2 Å². The molecule has 0 atom stereocenters. The molecular formula is C18H19NO2. The molecule has 2 aromatic carbocycles. The molecule has 0 aliphatic heterocycles. The van der Waals surface area contributed by atoms with E-state index < -0.39 is 0 Å². The Morgan fingerprint density at radius 1 is 0.857 bits per heavy atom. The monoisotopic (exact) mass is 281 g/mol. The van der Waals surface area contributed by atoms with Crippen LogP contribution in [0, 0.1) is 0 Å². The van der Waals surface area contributed by atoms with Crippen LogP contribution >= 0.6 is 0 Å². The molecule has 0 saturated carbocycles. The molecule has 0 amide bonds. The average molecular weight is 281 g/mol. The zero-order valence-electron chi connectivity index (χ0n) is 12.3. The molecule has 0 aromatic heterocycles. The van der Waals surface area contributed by atoms with Gasteiger partial charge in [-0.3, -0.25) is 0 Å². The van der Waals surface area contributed by atoms with E-state index in [-0.39, 0.29) is 5.92 Å². The highest BCUT2D eigenvalue weighted by Gasteiger charge is 2.21. The van der Waals surface area contributed by atoms with E-state index in [0.717, 1.165) is 22.6 Å². The zero-order valence-corrected chi connectivity index (χ0v) is 12.3. The molecule has 0 heterocycles. The summed E-state index contributed by atoms with van der Waals surface area (Å²) in [5.41, 5.74) is 10.8. The molecule has 1 aliphatic carbocycles. The fourth-order valence-corrected chi connectivity index (χ4v) is 2.88. The number of ether oxygens (including phenoxy) is 2. The van der Waals surface area contributed by atoms with Gasteiger partial charge < -0.3 is 15.2 Å². The van der Waals surface area contributed by atoms with Gasteiger partial charge >= 0.3 is 0 Å². The molecule has 0 radical (unpaired) electrons. The summed E-state index contributed by atoms with van der Waals surface area (Å²) in [6.07, 6.45) is 4.23. The van der Waals surface area contributed by atoms with Gasteiger partial charge in [0.1, 0.15) is 11.5 Å². The first-order chi connectivity index (χ1) is 10.3. The van der Waals surface area contributed by atoms with Gasteiger partial charge in [-0.05, 0) is 46.5 Å². The first-order valence-electron chi connectivity index (χ1n) is 7.01. The van der Waals surface area contributed by atoms with Crippen molar-refractivity contribution in [1.29, 1.82) is 0 Å². The van der Waals surface area contributed by atoms with Crippen molar-refractivity contribution >= 4 is 12.2 Å². The predicted octanol–water partition coefficient (Wildman–Crippen LogP) is 3.28. The van der Waals surface area contributed by atoms with Crippen molar-refractivity contribution in [2.45, 2.75) is 5.92 Å². The molecule has 0 unspecified atom stereocenters. The van der Waals surface area contributed by atoms with Crippen LogP contribution in [0.2, 0.25) is 0 Å². The van der Waals surface area contributed by atoms with Crippen molar-refractivity contribution in [1.82, 2.24) is 0 Å². The van der Waals surface area contributed by atoms with Crippen LogP contribution in [0.4, 0.5) is 0 Å². The summed E-state index contributed by atoms with van der Waals surface area (Å²) in [4.78, 5) is 0. The second kappa shape index (κ2) is 5.62. The molecule has 0 saturated heterocycles. The van der Waals surface area contributed by atoms with Gasteiger partial charge in [-0.25, -0.2) is 0 Å². The minimum absolute atomic E-state index is 0.182. The van der Waals surface area contributed by atoms with E-state index in [9.17, 15) is 0 Å². The van der Waals surface area contributed by atoms with Crippen LogP contribution in [0.25, 0.3) is 12.2 Å². The van der Waals surface area contributed by atoms with Crippen molar-refractivity contribution in [3.8, 4) is 11.5 Å². The Bertz CT molecular complexity index is 634. The normalized spacial score (nSPS) is 13.3. The maximum absolute atomic E-state index is 6.05. The average Bonchev–Trinajstić information content (AvgIpc) is 2.69. The lowest BCUT2D eigenvalue weighted by molar-refractivity contribution is 0.414. The van der Waals surface area contributed by atoms with Crippen LogP contribution in [-0.2, 0) is 0 Å². The summed E-state index contributed by atoms with van der Waals surface area (Å²) in [5.74, 6) is 1.90. The number of rotatable bonds is 3. The minimum atomic E-state index is 0.182. The molecule has 2 aromatic rings. The van der Waals surface area contributed by atoms with Crippen LogP contribution < -0.4 is 15.2 Å². The van der Waals surface area contributed by atoms with E-state index in [0.29, 0.717) is 6.54 Å². The number of fused-ring (bicyclic) bond motifs is 2. The van der Waals surface area contributed by atoms with Gasteiger partial charge in [0.15, 0.2) is 0 Å². The Labute approximate surface area is 125 Å². The first kappa shape index (κ1) is 13.7. The topological polar surface area (TPSA) is 44.5 Å². The number of hydrogen-bond donors (Lipinski definition) is 1. The van der Waals surface area contributed by atoms with E-state index in [1.165, 1.54) is 11.1 Å². The molecule has 3 rings (SSSR count). The van der Waals surface area contributed by atoms with Gasteiger partial charge in [0.05, 0.1) is 14.2 Å². The number of nitrogens with two attached hydrogens (primary N) is 1. The summed E-state index contributed by atoms with van der Waals surface area (Å²) >= 11 is 0. The largest absolute Gasteiger partial charge is 0.497 e. The fourth-order valence-electron chi connectivity index (χ4n) is 2.88. The molecule has 0 bridgehead atoms. The third-order valence-electron chi connectivity index (χ3n) is 4.02. The van der Waals surface area contributed by atoms with E-state index in [1.807, 2.05) is 12.1 Å². The van der Waals surface area contributed by atoms with Crippen LogP contribution in [0.15, 0.2) is 36.4 Å². The highest BCUT2D eigenvalue weighted by Crippen LogP contribution is 2.36. The van der Waals surface area contributed by atoms with Gasteiger partial charge in [0.2, 0.25) is 0 Å². The predicted molar refractivity (Wildman–Crippen MR) is 85.8 cm³/mol. The third kappa shape index (κ3) is 2.41. The van der Waals surface area contributed by atoms with Crippen molar-refractivity contribution in [3.63, 3.8) is 0 Å². The van der Waals surface area contributed by atoms with Crippen molar-refractivity contribution in [2.24, 2.45) is 5.73 Å². The number of benzene rings is 2. The number of methoxy groups -OCH3 is 2. The summed E-state index contributed by atoms with van der Waals surface area (Å²) < 4.78 is 10.6. The SMILES string of the molecule is COc1ccc2c(c1)C=Cc1cc(OC)ccc1C2CN. The molecule has 1 aliphatic rings. The Hall–Kier alpha value is -2.26. The maximum Gasteiger partial charge on any atom is 0.119 e. The second-order valence-corrected chi connectivity index (χ2v) is 5.11. The Morgan fingerprint density at radius 2 is 1.33 bits per heavy atom. The van der Waals surface area contributed by atoms with Crippen LogP contribution in [-0.4, -0.2) is 20.8 Å². The standard InChI is InChI=1S/C18H19NO2/c1-20-14-5-7-16-12(9-14)3-4-13-10-15(21-2)6-8-17(13)18(16)11-19/h3-10,18H,11,19H2,1-2H3. The first-order valence-corrected chi connectivity index (χ1v) is 7.01. The second-order valence-electron chi connectivity index (χ2n) is 5.11. The molecule has 3 heteroatoms. The van der Waals surface area contributed by atoms with Gasteiger partial charge in [0.25, 0.3) is 0 Å². The molecule has 0 fully saturated rings. The summed E-state index contributed by atoms with van der Waals surface area (Å²) in [5, 5.41) is 0. The van der Waals surface area contributed by atoms with E-state index >= 15 is 0 Å². The Balaban J connectivity index is 2.17. The van der Waals surface area contributed by atoms with Gasteiger partial charge in [-0.15, -0.1) is 0 Å². The molecular weight excluding hydrogens is 262 g/mol. The van der Waals surface area contributed by atoms with Crippen LogP contribution in [0.3, 0.4) is 0 Å². The molecule has 0 spiro atoms. The lowest BCUT2D eigenvalue weighted by Crippen LogP contribution is -2.15. The number of hydrogen-bond acceptors (Lipinski definition) is 3. The Kier molecular flexibility index (Phi) is 3.67. The summed E-state index contributed by atoms with van der Waals surface area (Å²) in [6.45, 7) is 0.570. The summed E-state index contributed by atoms with van der Waals surface area (Å²) in [7, 11) is 3.37. The quantitative estimate of drug-likeness (QED) is 0.939. The van der Waals surface area contributed by atoms with Gasteiger partial charge in [-0.1, -0.05) is 24.3 Å². The van der Waals surface area contributed by atoms with E-state index in [1.54, 1.807) is 14.2 Å². The third-order valence-corrected chi connectivity index (χ3v) is 4.02. The van der Waals surface area contributed by atoms with Crippen molar-refractivity contribution in [2.75, 3.05) is 20.8 Å². The molecule has 21 heavy (non-hydrogen) atoms. The molecule has 2 N–H and O–H groups in total. The lowest BCUT2D eigenvalue weighted by Gasteiger charge is -2.19. The van der Waals surface area contributed by atoms with E-state index in [2.05, 4.69) is 36.4 Å². The maximum atomic E-state index is 6.05. The zero-order chi connectivity index (χ0) is 14.8. The van der Waals surface area contributed by atoms with Crippen molar-refractivity contribution in [3.05, 3.63) is 58.7 Å². The highest BCUT2D eigenvalue weighted by molar-refractivity contribution is 5.77. The van der Waals surface area contributed by atoms with E-state index in [4.69, 9.17) is 15.2 Å². The molecule has 108 valence electrons. The fraction of sp³-hybridized carbons (Fsp3) is 0.222. The van der Waals surface area contributed by atoms with Crippen molar-refractivity contribution < 1.29 is 9.47 Å². The smallest absolute Gasteiger partial charge is 0.119 e. The molecule has 3 nitrogen and oxygen atoms in total. The van der Waals surface area contributed by atoms with Gasteiger partial charge in [0, 0.05) is 12.5 Å².